The first kappa shape index (κ1) is 94.5. The van der Waals surface area contributed by atoms with E-state index in [-0.39, 0.29) is 25.7 Å². The average molecular weight is 1420 g/mol. The lowest BCUT2D eigenvalue weighted by atomic mass is 9.99. The first-order valence-electron chi connectivity index (χ1n) is 39.7. The Morgan fingerprint density at radius 1 is 0.340 bits per heavy atom. The number of phosphoric acid groups is 2. The molecule has 19 heteroatoms. The van der Waals surface area contributed by atoms with Crippen LogP contribution in [0.4, 0.5) is 0 Å². The van der Waals surface area contributed by atoms with Crippen LogP contribution in [0, 0.1) is 17.8 Å². The van der Waals surface area contributed by atoms with Crippen molar-refractivity contribution in [1.82, 2.24) is 0 Å². The summed E-state index contributed by atoms with van der Waals surface area (Å²) in [7, 11) is -9.93. The zero-order chi connectivity index (χ0) is 71.6. The van der Waals surface area contributed by atoms with Crippen LogP contribution >= 0.6 is 15.6 Å². The molecule has 0 aromatic heterocycles. The first-order chi connectivity index (χ1) is 46.8. The van der Waals surface area contributed by atoms with E-state index in [4.69, 9.17) is 37.0 Å². The second-order valence-corrected chi connectivity index (χ2v) is 31.5. The van der Waals surface area contributed by atoms with Gasteiger partial charge in [-0.15, -0.1) is 0 Å². The number of unbranched alkanes of at least 4 members (excludes halogenated alkanes) is 38. The number of rotatable bonds is 74. The lowest BCUT2D eigenvalue weighted by Crippen LogP contribution is -2.30. The molecule has 0 aliphatic carbocycles. The van der Waals surface area contributed by atoms with Crippen LogP contribution < -0.4 is 0 Å². The van der Waals surface area contributed by atoms with Gasteiger partial charge in [-0.1, -0.05) is 323 Å². The Morgan fingerprint density at radius 3 is 0.918 bits per heavy atom. The average Bonchev–Trinajstić information content (AvgIpc) is 1.05. The summed E-state index contributed by atoms with van der Waals surface area (Å²) in [6.07, 6.45) is 57.7. The van der Waals surface area contributed by atoms with Gasteiger partial charge < -0.3 is 33.8 Å². The van der Waals surface area contributed by atoms with Crippen LogP contribution in [0.1, 0.15) is 376 Å². The summed E-state index contributed by atoms with van der Waals surface area (Å²) in [6.45, 7) is 11.8. The molecule has 6 atom stereocenters. The van der Waals surface area contributed by atoms with Crippen LogP contribution in [0.5, 0.6) is 0 Å². The smallest absolute Gasteiger partial charge is 0.462 e. The fourth-order valence-electron chi connectivity index (χ4n) is 11.4. The monoisotopic (exact) mass is 1420 g/mol. The number of ether oxygens (including phenoxy) is 4. The van der Waals surface area contributed by atoms with E-state index in [2.05, 4.69) is 72.8 Å². The lowest BCUT2D eigenvalue weighted by molar-refractivity contribution is -0.161. The largest absolute Gasteiger partial charge is 0.472 e. The topological polar surface area (TPSA) is 237 Å². The van der Waals surface area contributed by atoms with Gasteiger partial charge in [-0.3, -0.25) is 37.3 Å². The molecule has 572 valence electrons. The third kappa shape index (κ3) is 70.4. The van der Waals surface area contributed by atoms with Crippen molar-refractivity contribution in [3.63, 3.8) is 0 Å². The Morgan fingerprint density at radius 2 is 0.608 bits per heavy atom. The van der Waals surface area contributed by atoms with Gasteiger partial charge in [0.1, 0.15) is 19.3 Å². The molecule has 0 aromatic rings. The summed E-state index contributed by atoms with van der Waals surface area (Å²) in [5, 5.41) is 10.6. The third-order valence-corrected chi connectivity index (χ3v) is 19.8. The standard InChI is InChI=1S/C78H148O17P2/c1-8-10-11-12-13-14-15-16-17-21-27-32-37-45-52-59-75(80)88-65-73(94-77(82)61-54-47-38-33-28-22-19-18-20-26-31-36-44-51-58-71(7)9-2)67-92-96(84,85)90-63-72(79)64-91-97(86,87)93-68-74(66-89-76(81)60-53-46-41-40-43-50-57-70(5)6)95-78(83)62-55-48-39-34-29-24-23-25-30-35-42-49-56-69(3)4/h14-17,69-74,79H,8-13,18-68H2,1-7H3,(H,84,85)(H,86,87)/b15-14-,17-16-/t71?,72-,73-,74-/m1/s1. The Kier molecular flexibility index (Phi) is 66.3. The maximum absolute atomic E-state index is 13.1. The van der Waals surface area contributed by atoms with Crippen molar-refractivity contribution in [3.8, 4) is 0 Å². The zero-order valence-electron chi connectivity index (χ0n) is 63.0. The lowest BCUT2D eigenvalue weighted by Gasteiger charge is -2.21. The molecule has 0 fully saturated rings. The number of allylic oxidation sites excluding steroid dienone is 4. The highest BCUT2D eigenvalue weighted by Gasteiger charge is 2.30. The minimum absolute atomic E-state index is 0.100. The van der Waals surface area contributed by atoms with Gasteiger partial charge in [0, 0.05) is 25.7 Å². The van der Waals surface area contributed by atoms with E-state index in [0.717, 1.165) is 127 Å². The normalized spacial score (nSPS) is 14.5. The molecule has 17 nitrogen and oxygen atoms in total. The Balaban J connectivity index is 5.27. The Labute approximate surface area is 592 Å². The van der Waals surface area contributed by atoms with Gasteiger partial charge >= 0.3 is 39.5 Å². The van der Waals surface area contributed by atoms with Crippen molar-refractivity contribution in [2.24, 2.45) is 17.8 Å². The maximum Gasteiger partial charge on any atom is 0.472 e. The SMILES string of the molecule is CCCCCC/C=C\C=C/CCCCCCCC(=O)OC[C@H](COP(=O)(O)OC[C@@H](O)COP(=O)(O)OC[C@@H](COC(=O)CCCCCCCCC(C)C)OC(=O)CCCCCCCCCCCCCCC(C)C)OC(=O)CCCCCCCCCCCCCCCCC(C)CC. The van der Waals surface area contributed by atoms with Crippen LogP contribution in [0.3, 0.4) is 0 Å². The summed E-state index contributed by atoms with van der Waals surface area (Å²) >= 11 is 0. The molecule has 0 rings (SSSR count). The second kappa shape index (κ2) is 68.0. The number of aliphatic hydroxyl groups is 1. The number of aliphatic hydroxyl groups excluding tert-OH is 1. The maximum atomic E-state index is 13.1. The van der Waals surface area contributed by atoms with Gasteiger partial charge in [-0.2, -0.15) is 0 Å². The summed E-state index contributed by atoms with van der Waals surface area (Å²) in [6, 6.07) is 0. The summed E-state index contributed by atoms with van der Waals surface area (Å²) in [5.41, 5.74) is 0. The van der Waals surface area contributed by atoms with Crippen LogP contribution in [-0.2, 0) is 65.4 Å². The van der Waals surface area contributed by atoms with Crippen molar-refractivity contribution < 1.29 is 80.2 Å². The van der Waals surface area contributed by atoms with Gasteiger partial charge in [0.05, 0.1) is 26.4 Å². The number of carbonyl (C=O) groups excluding carboxylic acids is 4. The van der Waals surface area contributed by atoms with Crippen molar-refractivity contribution in [1.29, 1.82) is 0 Å². The first-order valence-corrected chi connectivity index (χ1v) is 42.7. The molecule has 3 unspecified atom stereocenters. The highest BCUT2D eigenvalue weighted by atomic mass is 31.2. The number of esters is 4. The number of carbonyl (C=O) groups is 4. The molecule has 0 aliphatic heterocycles. The highest BCUT2D eigenvalue weighted by Crippen LogP contribution is 2.45. The Bertz CT molecular complexity index is 1980. The van der Waals surface area contributed by atoms with Crippen molar-refractivity contribution in [2.75, 3.05) is 39.6 Å². The van der Waals surface area contributed by atoms with E-state index in [1.807, 2.05) is 0 Å². The van der Waals surface area contributed by atoms with Crippen LogP contribution in [0.25, 0.3) is 0 Å². The molecule has 0 saturated heterocycles. The van der Waals surface area contributed by atoms with E-state index in [0.29, 0.717) is 31.6 Å². The van der Waals surface area contributed by atoms with E-state index < -0.39 is 97.5 Å². The number of hydrogen-bond acceptors (Lipinski definition) is 15. The van der Waals surface area contributed by atoms with E-state index in [1.165, 1.54) is 161 Å². The summed E-state index contributed by atoms with van der Waals surface area (Å²) in [5.74, 6) is 0.149. The summed E-state index contributed by atoms with van der Waals surface area (Å²) < 4.78 is 68.5. The highest BCUT2D eigenvalue weighted by molar-refractivity contribution is 7.47. The molecule has 3 N–H and O–H groups in total. The van der Waals surface area contributed by atoms with Gasteiger partial charge in [-0.25, -0.2) is 9.13 Å². The molecule has 0 heterocycles. The molecule has 0 bridgehead atoms. The third-order valence-electron chi connectivity index (χ3n) is 17.9. The molecule has 0 saturated carbocycles. The van der Waals surface area contributed by atoms with E-state index >= 15 is 0 Å². The van der Waals surface area contributed by atoms with Crippen LogP contribution in [0.2, 0.25) is 0 Å². The molecule has 0 spiro atoms. The summed E-state index contributed by atoms with van der Waals surface area (Å²) in [4.78, 5) is 72.8. The van der Waals surface area contributed by atoms with Crippen LogP contribution in [-0.4, -0.2) is 96.7 Å². The van der Waals surface area contributed by atoms with E-state index in [9.17, 15) is 43.2 Å². The molecule has 0 radical (unpaired) electrons. The van der Waals surface area contributed by atoms with Gasteiger partial charge in [0.25, 0.3) is 0 Å². The molecular formula is C78H148O17P2. The second-order valence-electron chi connectivity index (χ2n) is 28.6. The van der Waals surface area contributed by atoms with Crippen molar-refractivity contribution in [2.45, 2.75) is 394 Å². The molecule has 97 heavy (non-hydrogen) atoms. The Hall–Kier alpha value is -2.46. The van der Waals surface area contributed by atoms with Crippen molar-refractivity contribution >= 4 is 39.5 Å². The molecule has 0 aromatic carbocycles. The quantitative estimate of drug-likeness (QED) is 0.0169. The predicted molar refractivity (Wildman–Crippen MR) is 395 cm³/mol. The van der Waals surface area contributed by atoms with E-state index in [1.54, 1.807) is 0 Å². The number of phosphoric ester groups is 2. The van der Waals surface area contributed by atoms with Gasteiger partial charge in [0.2, 0.25) is 0 Å². The molecular weight excluding hydrogens is 1270 g/mol. The van der Waals surface area contributed by atoms with Gasteiger partial charge in [-0.05, 0) is 69.1 Å². The van der Waals surface area contributed by atoms with Gasteiger partial charge in [0.15, 0.2) is 12.2 Å². The zero-order valence-corrected chi connectivity index (χ0v) is 64.8. The molecule has 0 aliphatic rings. The minimum atomic E-state index is -4.97. The molecule has 0 amide bonds. The van der Waals surface area contributed by atoms with Crippen molar-refractivity contribution in [3.05, 3.63) is 24.3 Å². The fourth-order valence-corrected chi connectivity index (χ4v) is 13.0. The number of hydrogen-bond donors (Lipinski definition) is 3. The van der Waals surface area contributed by atoms with Crippen LogP contribution in [0.15, 0.2) is 24.3 Å². The fraction of sp³-hybridized carbons (Fsp3) is 0.897. The minimum Gasteiger partial charge on any atom is -0.462 e. The predicted octanol–water partition coefficient (Wildman–Crippen LogP) is 22.5.